The van der Waals surface area contributed by atoms with E-state index in [0.29, 0.717) is 17.7 Å². The number of hydrogen-bond donors (Lipinski definition) is 0. The molecule has 29 heavy (non-hydrogen) atoms. The van der Waals surface area contributed by atoms with Gasteiger partial charge in [0.1, 0.15) is 6.54 Å². The van der Waals surface area contributed by atoms with Crippen LogP contribution in [-0.2, 0) is 4.79 Å². The summed E-state index contributed by atoms with van der Waals surface area (Å²) in [6, 6.07) is -0.752. The Morgan fingerprint density at radius 3 is 2.31 bits per heavy atom. The number of piperidine rings is 1. The van der Waals surface area contributed by atoms with Crippen molar-refractivity contribution in [2.75, 3.05) is 40.3 Å². The molecule has 2 saturated heterocycles. The number of fused-ring (bicyclic) bond motifs is 1. The summed E-state index contributed by atoms with van der Waals surface area (Å²) < 4.78 is 2.17. The van der Waals surface area contributed by atoms with Crippen molar-refractivity contribution >= 4 is 23.6 Å². The van der Waals surface area contributed by atoms with Crippen molar-refractivity contribution in [1.82, 2.24) is 14.7 Å². The van der Waals surface area contributed by atoms with Crippen LogP contribution in [0.15, 0.2) is 4.99 Å². The maximum Gasteiger partial charge on any atom is 0.333 e. The van der Waals surface area contributed by atoms with E-state index in [1.807, 2.05) is 0 Å². The highest BCUT2D eigenvalue weighted by Crippen LogP contribution is 2.23. The van der Waals surface area contributed by atoms with Gasteiger partial charge in [0.15, 0.2) is 0 Å². The molecule has 0 saturated carbocycles. The monoisotopic (exact) mass is 404 g/mol. The summed E-state index contributed by atoms with van der Waals surface area (Å²) in [4.78, 5) is 35.5. The number of amidine groups is 2. The Labute approximate surface area is 175 Å². The lowest BCUT2D eigenvalue weighted by Gasteiger charge is -2.34. The van der Waals surface area contributed by atoms with Crippen molar-refractivity contribution in [1.29, 1.82) is 0 Å². The fourth-order valence-electron chi connectivity index (χ4n) is 5.04. The molecule has 162 valence electrons. The predicted octanol–water partition coefficient (Wildman–Crippen LogP) is 2.65. The van der Waals surface area contributed by atoms with E-state index in [9.17, 15) is 9.59 Å². The molecule has 0 bridgehead atoms. The highest BCUT2D eigenvalue weighted by Gasteiger charge is 2.52. The van der Waals surface area contributed by atoms with Crippen LogP contribution in [0.5, 0.6) is 0 Å². The van der Waals surface area contributed by atoms with Crippen LogP contribution in [0.2, 0.25) is 0 Å². The number of unbranched alkanes of at least 4 members (excludes halogenated alkanes) is 4. The maximum absolute atomic E-state index is 13.0. The minimum atomic E-state index is -0.455. The minimum Gasteiger partial charge on any atom is -0.292 e. The fraction of sp³-hybridized carbons (Fsp3) is 0.818. The van der Waals surface area contributed by atoms with E-state index in [0.717, 1.165) is 44.9 Å². The Balaban J connectivity index is 1.81. The zero-order chi connectivity index (χ0) is 21.1. The second-order valence-corrected chi connectivity index (χ2v) is 9.28. The summed E-state index contributed by atoms with van der Waals surface area (Å²) in [6.07, 6.45) is 7.18. The number of urea groups is 1. The molecule has 0 aromatic heterocycles. The second-order valence-electron chi connectivity index (χ2n) is 9.28. The predicted molar refractivity (Wildman–Crippen MR) is 115 cm³/mol. The van der Waals surface area contributed by atoms with Crippen LogP contribution in [0.3, 0.4) is 0 Å². The van der Waals surface area contributed by atoms with Gasteiger partial charge in [0, 0.05) is 27.2 Å². The summed E-state index contributed by atoms with van der Waals surface area (Å²) in [6.45, 7) is 10.5. The molecule has 3 aliphatic heterocycles. The van der Waals surface area contributed by atoms with Crippen LogP contribution in [-0.4, -0.2) is 89.2 Å². The number of amides is 3. The molecule has 3 amide bonds. The smallest absolute Gasteiger partial charge is 0.292 e. The number of likely N-dealkylation sites (tertiary alicyclic amines) is 1. The highest BCUT2D eigenvalue weighted by atomic mass is 16.2. The Bertz CT molecular complexity index is 691. The molecule has 0 aliphatic carbocycles. The molecule has 0 spiro atoms. The lowest BCUT2D eigenvalue weighted by atomic mass is 9.92. The van der Waals surface area contributed by atoms with E-state index < -0.39 is 6.04 Å². The van der Waals surface area contributed by atoms with Gasteiger partial charge in [-0.05, 0) is 36.1 Å². The van der Waals surface area contributed by atoms with Crippen LogP contribution >= 0.6 is 0 Å². The molecule has 7 nitrogen and oxygen atoms in total. The third-order valence-electron chi connectivity index (χ3n) is 6.43. The van der Waals surface area contributed by atoms with Gasteiger partial charge in [0.2, 0.25) is 0 Å². The maximum atomic E-state index is 13.0. The van der Waals surface area contributed by atoms with Crippen molar-refractivity contribution in [2.24, 2.45) is 16.8 Å². The molecule has 0 aromatic rings. The van der Waals surface area contributed by atoms with Gasteiger partial charge >= 0.3 is 11.9 Å². The molecule has 0 aromatic carbocycles. The van der Waals surface area contributed by atoms with Gasteiger partial charge in [-0.2, -0.15) is 0 Å². The van der Waals surface area contributed by atoms with Gasteiger partial charge in [-0.15, -0.1) is 0 Å². The number of likely N-dealkylation sites (N-methyl/N-ethyl adjacent to an activating group) is 2. The number of rotatable bonds is 8. The van der Waals surface area contributed by atoms with Crippen LogP contribution in [0.1, 0.15) is 59.3 Å². The van der Waals surface area contributed by atoms with Crippen LogP contribution in [0, 0.1) is 11.8 Å². The third kappa shape index (κ3) is 4.71. The first-order valence-electron chi connectivity index (χ1n) is 11.3. The fourth-order valence-corrected chi connectivity index (χ4v) is 5.04. The van der Waals surface area contributed by atoms with E-state index >= 15 is 0 Å². The molecule has 3 unspecified atom stereocenters. The molecular formula is C22H38N5O2+. The highest BCUT2D eigenvalue weighted by molar-refractivity contribution is 6.23. The lowest BCUT2D eigenvalue weighted by Crippen LogP contribution is -2.61. The average Bonchev–Trinajstić information content (AvgIpc) is 3.02. The van der Waals surface area contributed by atoms with E-state index in [1.54, 1.807) is 19.0 Å². The molecule has 3 rings (SSSR count). The standard InChI is InChI=1S/C22H38N5O2/c1-6-7-8-9-10-11-27-18(15-26-13-16(2)12-17(3)14-26)23-20-19(27)21(28)25(5)22(29)24(20)4/h16-17,19H,6-15H2,1-5H3/q+1. The van der Waals surface area contributed by atoms with E-state index in [-0.39, 0.29) is 11.9 Å². The molecule has 0 radical (unpaired) electrons. The molecule has 0 N–H and O–H groups in total. The molecule has 7 heteroatoms. The number of imide groups is 1. The first-order chi connectivity index (χ1) is 13.8. The van der Waals surface area contributed by atoms with Crippen molar-refractivity contribution in [3.63, 3.8) is 0 Å². The number of nitrogens with zero attached hydrogens (tertiary/aromatic N) is 5. The van der Waals surface area contributed by atoms with E-state index in [4.69, 9.17) is 4.99 Å². The van der Waals surface area contributed by atoms with Gasteiger partial charge in [-0.1, -0.05) is 40.0 Å². The summed E-state index contributed by atoms with van der Waals surface area (Å²) in [5, 5.41) is 0. The molecule has 3 heterocycles. The summed E-state index contributed by atoms with van der Waals surface area (Å²) >= 11 is 0. The number of carbonyl (C=O) groups excluding carboxylic acids is 2. The Morgan fingerprint density at radius 2 is 1.66 bits per heavy atom. The van der Waals surface area contributed by atoms with Crippen LogP contribution in [0.25, 0.3) is 0 Å². The molecule has 2 fully saturated rings. The number of hydrogen-bond acceptors (Lipinski definition) is 4. The topological polar surface area (TPSA) is 59.2 Å². The Kier molecular flexibility index (Phi) is 7.09. The van der Waals surface area contributed by atoms with E-state index in [2.05, 4.69) is 30.2 Å². The first-order valence-corrected chi connectivity index (χ1v) is 11.3. The van der Waals surface area contributed by atoms with Gasteiger partial charge in [0.05, 0.1) is 6.54 Å². The summed E-state index contributed by atoms with van der Waals surface area (Å²) in [5.41, 5.74) is 0. The van der Waals surface area contributed by atoms with Crippen LogP contribution < -0.4 is 0 Å². The summed E-state index contributed by atoms with van der Waals surface area (Å²) in [7, 11) is 3.30. The van der Waals surface area contributed by atoms with Crippen LogP contribution in [0.4, 0.5) is 4.79 Å². The number of aliphatic imine (C=N–C) groups is 1. The normalized spacial score (nSPS) is 28.3. The SMILES string of the molecule is CCCCCCC[N+]1=C(CN2CC(C)CC(C)C2)N=C2C1C(=O)N(C)C(=O)N2C. The Hall–Kier alpha value is -1.76. The van der Waals surface area contributed by atoms with Gasteiger partial charge in [-0.3, -0.25) is 19.5 Å². The van der Waals surface area contributed by atoms with Crippen molar-refractivity contribution < 1.29 is 14.2 Å². The van der Waals surface area contributed by atoms with Gasteiger partial charge < -0.3 is 0 Å². The first kappa shape index (κ1) is 21.9. The Morgan fingerprint density at radius 1 is 1.00 bits per heavy atom. The summed E-state index contributed by atoms with van der Waals surface area (Å²) in [5.74, 6) is 2.74. The molecule has 3 atom stereocenters. The van der Waals surface area contributed by atoms with Crippen molar-refractivity contribution in [3.05, 3.63) is 0 Å². The molecule has 3 aliphatic rings. The quantitative estimate of drug-likeness (QED) is 0.462. The minimum absolute atomic E-state index is 0.157. The average molecular weight is 405 g/mol. The van der Waals surface area contributed by atoms with Gasteiger partial charge in [-0.25, -0.2) is 9.37 Å². The van der Waals surface area contributed by atoms with Crippen molar-refractivity contribution in [3.8, 4) is 0 Å². The van der Waals surface area contributed by atoms with Gasteiger partial charge in [0.25, 0.3) is 17.8 Å². The zero-order valence-corrected chi connectivity index (χ0v) is 18.9. The third-order valence-corrected chi connectivity index (χ3v) is 6.43. The van der Waals surface area contributed by atoms with Crippen molar-refractivity contribution in [2.45, 2.75) is 65.3 Å². The largest absolute Gasteiger partial charge is 0.333 e. The number of carbonyl (C=O) groups is 2. The van der Waals surface area contributed by atoms with E-state index in [1.165, 1.54) is 30.6 Å². The molecular weight excluding hydrogens is 366 g/mol. The lowest BCUT2D eigenvalue weighted by molar-refractivity contribution is -0.537. The second kappa shape index (κ2) is 9.37. The zero-order valence-electron chi connectivity index (χ0n) is 18.9.